The molecule has 1 aromatic carbocycles. The van der Waals surface area contributed by atoms with Gasteiger partial charge in [0.1, 0.15) is 0 Å². The molecule has 0 aromatic heterocycles. The molecule has 17 heavy (non-hydrogen) atoms. The fourth-order valence-electron chi connectivity index (χ4n) is 1.91. The molecule has 1 aromatic rings. The molecule has 0 aliphatic carbocycles. The molecule has 3 nitrogen and oxygen atoms in total. The van der Waals surface area contributed by atoms with E-state index in [2.05, 4.69) is 5.92 Å². The molecule has 1 aliphatic heterocycles. The summed E-state index contributed by atoms with van der Waals surface area (Å²) in [4.78, 5) is 13.3. The minimum Gasteiger partial charge on any atom is -0.397 e. The fraction of sp³-hybridized carbons (Fsp3) is 0.250. The van der Waals surface area contributed by atoms with Crippen molar-refractivity contribution in [3.8, 4) is 12.3 Å². The Morgan fingerprint density at radius 1 is 1.47 bits per heavy atom. The van der Waals surface area contributed by atoms with Gasteiger partial charge in [0.2, 0.25) is 5.91 Å². The molecule has 0 spiro atoms. The predicted molar refractivity (Wildman–Crippen MR) is 70.2 cm³/mol. The van der Waals surface area contributed by atoms with Gasteiger partial charge in [0.05, 0.1) is 16.4 Å². The van der Waals surface area contributed by atoms with E-state index in [-0.39, 0.29) is 11.8 Å². The van der Waals surface area contributed by atoms with Crippen molar-refractivity contribution in [2.24, 2.45) is 5.92 Å². The van der Waals surface area contributed by atoms with Crippen molar-refractivity contribution < 1.29 is 4.79 Å². The zero-order chi connectivity index (χ0) is 12.6. The van der Waals surface area contributed by atoms with Gasteiger partial charge in [-0.15, -0.1) is 12.3 Å². The second-order valence-electron chi connectivity index (χ2n) is 3.90. The van der Waals surface area contributed by atoms with Gasteiger partial charge in [0.25, 0.3) is 0 Å². The molecule has 0 saturated carbocycles. The van der Waals surface area contributed by atoms with Crippen LogP contribution >= 0.6 is 23.2 Å². The Morgan fingerprint density at radius 3 is 2.71 bits per heavy atom. The highest BCUT2D eigenvalue weighted by atomic mass is 35.5. The van der Waals surface area contributed by atoms with Crippen LogP contribution in [0.15, 0.2) is 12.1 Å². The van der Waals surface area contributed by atoms with Gasteiger partial charge in [0.15, 0.2) is 0 Å². The monoisotopic (exact) mass is 268 g/mol. The second-order valence-corrected chi connectivity index (χ2v) is 4.74. The topological polar surface area (TPSA) is 46.3 Å². The average molecular weight is 269 g/mol. The third-order valence-corrected chi connectivity index (χ3v) is 3.19. The summed E-state index contributed by atoms with van der Waals surface area (Å²) in [5, 5.41) is 0.803. The molecule has 1 heterocycles. The first kappa shape index (κ1) is 12.1. The van der Waals surface area contributed by atoms with Crippen molar-refractivity contribution in [1.29, 1.82) is 0 Å². The number of anilines is 2. The molecule has 2 rings (SSSR count). The maximum atomic E-state index is 11.8. The van der Waals surface area contributed by atoms with Crippen LogP contribution in [0.2, 0.25) is 10.0 Å². The van der Waals surface area contributed by atoms with Crippen molar-refractivity contribution in [3.63, 3.8) is 0 Å². The van der Waals surface area contributed by atoms with E-state index in [0.717, 1.165) is 0 Å². The van der Waals surface area contributed by atoms with Crippen LogP contribution in [0, 0.1) is 18.3 Å². The molecule has 2 N–H and O–H groups in total. The predicted octanol–water partition coefficient (Wildman–Crippen LogP) is 2.56. The summed E-state index contributed by atoms with van der Waals surface area (Å²) in [6.45, 7) is 0.445. The van der Waals surface area contributed by atoms with Gasteiger partial charge in [0, 0.05) is 23.9 Å². The van der Waals surface area contributed by atoms with Gasteiger partial charge in [-0.1, -0.05) is 23.2 Å². The summed E-state index contributed by atoms with van der Waals surface area (Å²) < 4.78 is 0. The summed E-state index contributed by atoms with van der Waals surface area (Å²) in [5.41, 5.74) is 6.72. The first-order valence-electron chi connectivity index (χ1n) is 5.04. The maximum absolute atomic E-state index is 11.8. The molecular weight excluding hydrogens is 259 g/mol. The number of nitrogen functional groups attached to an aromatic ring is 1. The number of hydrogen-bond acceptors (Lipinski definition) is 2. The molecular formula is C12H10Cl2N2O. The van der Waals surface area contributed by atoms with E-state index in [9.17, 15) is 4.79 Å². The van der Waals surface area contributed by atoms with E-state index in [1.165, 1.54) is 4.90 Å². The van der Waals surface area contributed by atoms with Crippen LogP contribution in [0.1, 0.15) is 6.42 Å². The van der Waals surface area contributed by atoms with E-state index < -0.39 is 0 Å². The Kier molecular flexibility index (Phi) is 3.19. The summed E-state index contributed by atoms with van der Waals surface area (Å²) in [5.74, 6) is 2.42. The van der Waals surface area contributed by atoms with Crippen LogP contribution in [-0.4, -0.2) is 12.5 Å². The number of carbonyl (C=O) groups is 1. The molecule has 1 saturated heterocycles. The standard InChI is InChI=1S/C12H10Cl2N2O/c1-2-7-3-11(17)16(6-7)12-9(14)4-8(13)5-10(12)15/h1,4-5,7H,3,6,15H2. The van der Waals surface area contributed by atoms with E-state index in [1.54, 1.807) is 12.1 Å². The van der Waals surface area contributed by atoms with Crippen molar-refractivity contribution in [2.45, 2.75) is 6.42 Å². The van der Waals surface area contributed by atoms with Crippen LogP contribution in [0.3, 0.4) is 0 Å². The highest BCUT2D eigenvalue weighted by Gasteiger charge is 2.31. The van der Waals surface area contributed by atoms with Crippen molar-refractivity contribution in [3.05, 3.63) is 22.2 Å². The van der Waals surface area contributed by atoms with Crippen molar-refractivity contribution in [1.82, 2.24) is 0 Å². The average Bonchev–Trinajstić information content (AvgIpc) is 2.59. The summed E-state index contributed by atoms with van der Waals surface area (Å²) in [6.07, 6.45) is 5.65. The summed E-state index contributed by atoms with van der Waals surface area (Å²) in [6, 6.07) is 3.13. The van der Waals surface area contributed by atoms with Crippen LogP contribution in [0.5, 0.6) is 0 Å². The SMILES string of the molecule is C#CC1CC(=O)N(c2c(N)cc(Cl)cc2Cl)C1. The quantitative estimate of drug-likeness (QED) is 0.629. The molecule has 1 atom stereocenters. The third-order valence-electron chi connectivity index (χ3n) is 2.69. The second kappa shape index (κ2) is 4.48. The first-order chi connectivity index (χ1) is 8.02. The van der Waals surface area contributed by atoms with E-state index in [4.69, 9.17) is 35.4 Å². The number of halogens is 2. The lowest BCUT2D eigenvalue weighted by Gasteiger charge is -2.19. The van der Waals surface area contributed by atoms with Gasteiger partial charge in [-0.2, -0.15) is 0 Å². The lowest BCUT2D eigenvalue weighted by molar-refractivity contribution is -0.117. The zero-order valence-corrected chi connectivity index (χ0v) is 10.4. The Labute approximate surface area is 109 Å². The third kappa shape index (κ3) is 2.19. The van der Waals surface area contributed by atoms with Crippen LogP contribution in [-0.2, 0) is 4.79 Å². The zero-order valence-electron chi connectivity index (χ0n) is 8.91. The normalized spacial score (nSPS) is 19.5. The molecule has 0 radical (unpaired) electrons. The van der Waals surface area contributed by atoms with Crippen LogP contribution < -0.4 is 10.6 Å². The van der Waals surface area contributed by atoms with Gasteiger partial charge >= 0.3 is 0 Å². The summed E-state index contributed by atoms with van der Waals surface area (Å²) in [7, 11) is 0. The van der Waals surface area contributed by atoms with E-state index in [0.29, 0.717) is 34.4 Å². The van der Waals surface area contributed by atoms with Gasteiger partial charge < -0.3 is 10.6 Å². The Bertz CT molecular complexity index is 499. The molecule has 1 unspecified atom stereocenters. The number of hydrogen-bond donors (Lipinski definition) is 1. The maximum Gasteiger partial charge on any atom is 0.228 e. The first-order valence-corrected chi connectivity index (χ1v) is 5.79. The molecule has 1 amide bonds. The number of nitrogens with two attached hydrogens (primary N) is 1. The summed E-state index contributed by atoms with van der Waals surface area (Å²) >= 11 is 11.9. The van der Waals surface area contributed by atoms with Crippen molar-refractivity contribution >= 4 is 40.5 Å². The number of amides is 1. The van der Waals surface area contributed by atoms with Crippen molar-refractivity contribution in [2.75, 3.05) is 17.2 Å². The number of carbonyl (C=O) groups excluding carboxylic acids is 1. The minimum atomic E-state index is -0.0892. The number of terminal acetylenes is 1. The smallest absolute Gasteiger partial charge is 0.228 e. The largest absolute Gasteiger partial charge is 0.397 e. The fourth-order valence-corrected chi connectivity index (χ4v) is 2.52. The molecule has 88 valence electrons. The lowest BCUT2D eigenvalue weighted by Crippen LogP contribution is -2.25. The number of benzene rings is 1. The Morgan fingerprint density at radius 2 is 2.18 bits per heavy atom. The van der Waals surface area contributed by atoms with Gasteiger partial charge in [-0.3, -0.25) is 4.79 Å². The molecule has 0 bridgehead atoms. The van der Waals surface area contributed by atoms with Gasteiger partial charge in [-0.25, -0.2) is 0 Å². The van der Waals surface area contributed by atoms with Crippen LogP contribution in [0.4, 0.5) is 11.4 Å². The number of rotatable bonds is 1. The minimum absolute atomic E-state index is 0.0659. The highest BCUT2D eigenvalue weighted by molar-refractivity contribution is 6.37. The molecule has 5 heteroatoms. The Balaban J connectivity index is 2.42. The van der Waals surface area contributed by atoms with E-state index in [1.807, 2.05) is 0 Å². The highest BCUT2D eigenvalue weighted by Crippen LogP contribution is 2.38. The Hall–Kier alpha value is -1.37. The van der Waals surface area contributed by atoms with E-state index >= 15 is 0 Å². The number of nitrogens with zero attached hydrogens (tertiary/aromatic N) is 1. The van der Waals surface area contributed by atoms with Gasteiger partial charge in [-0.05, 0) is 12.1 Å². The van der Waals surface area contributed by atoms with Crippen LogP contribution in [0.25, 0.3) is 0 Å². The molecule has 1 aliphatic rings. The molecule has 1 fully saturated rings. The lowest BCUT2D eigenvalue weighted by atomic mass is 10.1.